The molecule has 0 saturated heterocycles. The number of carbonyl (C=O) groups is 3. The molecule has 2 unspecified atom stereocenters. The number of hydrogen-bond acceptors (Lipinski definition) is 7. The van der Waals surface area contributed by atoms with Gasteiger partial charge in [0.25, 0.3) is 0 Å². The van der Waals surface area contributed by atoms with Crippen molar-refractivity contribution in [2.24, 2.45) is 0 Å². The molecule has 0 aromatic heterocycles. The number of aliphatic hydroxyl groups is 2. The van der Waals surface area contributed by atoms with E-state index in [9.17, 15) is 24.6 Å². The predicted octanol–water partition coefficient (Wildman–Crippen LogP) is -0.819. The molecular weight excluding hydrogens is 463 g/mol. The van der Waals surface area contributed by atoms with Gasteiger partial charge in [-0.3, -0.25) is 0 Å². The summed E-state index contributed by atoms with van der Waals surface area (Å²) in [4.78, 5) is 29.5. The molecule has 9 heteroatoms. The van der Waals surface area contributed by atoms with Crippen molar-refractivity contribution >= 4 is 49.6 Å². The molecule has 0 fully saturated rings. The molecule has 0 bridgehead atoms. The van der Waals surface area contributed by atoms with E-state index in [2.05, 4.69) is 6.92 Å². The maximum atomic E-state index is 10.8. The maximum Gasteiger partial charge on any atom is 1.00 e. The minimum Gasteiger partial charge on any atom is 1.00 e. The monoisotopic (exact) mass is 508 g/mol. The molecule has 0 radical (unpaired) electrons. The van der Waals surface area contributed by atoms with Gasteiger partial charge in [-0.2, -0.15) is 0 Å². The molecule has 2 atom stereocenters. The summed E-state index contributed by atoms with van der Waals surface area (Å²) in [5.74, 6) is -2.87. The summed E-state index contributed by atoms with van der Waals surface area (Å²) in [6.45, 7) is 4.55. The zero-order chi connectivity index (χ0) is 25.2. The van der Waals surface area contributed by atoms with Gasteiger partial charge >= 0.3 is 143 Å². The first kappa shape index (κ1) is 40.9. The summed E-state index contributed by atoms with van der Waals surface area (Å²) in [6.07, 6.45) is 19.0. The molecule has 0 heterocycles. The van der Waals surface area contributed by atoms with Crippen LogP contribution in [0.1, 0.15) is 124 Å². The molecule has 33 heavy (non-hydrogen) atoms. The van der Waals surface area contributed by atoms with E-state index in [4.69, 9.17) is 10.2 Å². The van der Waals surface area contributed by atoms with E-state index >= 15 is 0 Å². The number of carboxylic acid groups (broad SMARTS) is 2. The molecule has 0 saturated carbocycles. The average Bonchev–Trinajstić information content (AvgIpc) is 2.71. The first-order valence-electron chi connectivity index (χ1n) is 12.2. The van der Waals surface area contributed by atoms with Crippen LogP contribution in [0, 0.1) is 0 Å². The average molecular weight is 509 g/mol. The summed E-state index contributed by atoms with van der Waals surface area (Å²) in [5.41, 5.74) is 0. The second-order valence-corrected chi connectivity index (χ2v) is 9.46. The van der Waals surface area contributed by atoms with Gasteiger partial charge in [-0.25, -0.2) is 0 Å². The van der Waals surface area contributed by atoms with Crippen molar-refractivity contribution in [3.63, 3.8) is 0 Å². The Labute approximate surface area is 247 Å². The smallest absolute Gasteiger partial charge is 1.00 e. The fourth-order valence-corrected chi connectivity index (χ4v) is 3.08. The van der Waals surface area contributed by atoms with E-state index in [1.165, 1.54) is 89.9 Å². The van der Waals surface area contributed by atoms with Crippen LogP contribution in [0.3, 0.4) is 0 Å². The Morgan fingerprint density at radius 3 is 1.03 bits per heavy atom. The second-order valence-electron chi connectivity index (χ2n) is 8.23. The molecule has 0 aliphatic rings. The predicted molar refractivity (Wildman–Crippen MR) is 124 cm³/mol. The second kappa shape index (κ2) is 32.8. The molecular formula is C24H45CaNaO7. The van der Waals surface area contributed by atoms with Crippen LogP contribution in [0.5, 0.6) is 0 Å². The third-order valence-corrected chi connectivity index (χ3v) is 5.29. The van der Waals surface area contributed by atoms with Crippen LogP contribution >= 0.6 is 0 Å². The van der Waals surface area contributed by atoms with Crippen LogP contribution in [0.25, 0.3) is 0 Å². The Morgan fingerprint density at radius 1 is 0.636 bits per heavy atom. The Bertz CT molecular complexity index is 429. The van der Waals surface area contributed by atoms with Crippen LogP contribution in [-0.2, 0) is 14.4 Å². The fraction of sp³-hybridized carbons (Fsp3) is 0.875. The Kier molecular flexibility index (Phi) is 40.7. The molecule has 0 rings (SSSR count). The van der Waals surface area contributed by atoms with E-state index in [1.807, 2.05) is 0 Å². The van der Waals surface area contributed by atoms with E-state index < -0.39 is 24.1 Å². The number of aliphatic carboxylic acids is 2. The van der Waals surface area contributed by atoms with Gasteiger partial charge in [0, 0.05) is 0 Å². The van der Waals surface area contributed by atoms with Crippen molar-refractivity contribution in [2.75, 3.05) is 0 Å². The summed E-state index contributed by atoms with van der Waals surface area (Å²) in [7, 11) is 0. The van der Waals surface area contributed by atoms with E-state index in [-0.39, 0.29) is 29.6 Å². The van der Waals surface area contributed by atoms with Crippen LogP contribution in [0.2, 0.25) is 0 Å². The molecule has 0 aliphatic heterocycles. The van der Waals surface area contributed by atoms with E-state index in [0.717, 1.165) is 62.5 Å². The minimum atomic E-state index is -1.44. The standard InChI is InChI=1S/C18H35O.2C3H6O3.Ca.Na/c1-2-3-4-5-6-7-8-9-10-11-12-13-14-15-16-17-18-19;2*1-2(4)3(5)6;;/h2-17H2,1H3;2*2,4H,1H3,(H,5,6);;/q;;;2*+1/p-2. The van der Waals surface area contributed by atoms with Crippen LogP contribution in [0.4, 0.5) is 0 Å². The van der Waals surface area contributed by atoms with Crippen molar-refractivity contribution in [3.8, 4) is 0 Å². The first-order valence-corrected chi connectivity index (χ1v) is 13.3. The first-order chi connectivity index (χ1) is 15.1. The summed E-state index contributed by atoms with van der Waals surface area (Å²) in [6, 6.07) is 0. The van der Waals surface area contributed by atoms with Crippen LogP contribution in [-0.4, -0.2) is 72.0 Å². The van der Waals surface area contributed by atoms with Crippen molar-refractivity contribution in [1.29, 1.82) is 0 Å². The fourth-order valence-electron chi connectivity index (χ4n) is 2.69. The van der Waals surface area contributed by atoms with Gasteiger partial charge in [0.05, 0.1) is 24.1 Å². The number of aliphatic hydroxyl groups excluding tert-OH is 2. The van der Waals surface area contributed by atoms with E-state index in [1.54, 1.807) is 0 Å². The third kappa shape index (κ3) is 46.7. The quantitative estimate of drug-likeness (QED) is 0.182. The van der Waals surface area contributed by atoms with Gasteiger partial charge in [-0.1, -0.05) is 39.0 Å². The SMILES string of the molecule is CC(O)C(=O)[O-].CC(O)C(=O)[O-].CCCCCCCCCCCCCCCCC[C](=O)[Ca+].[Na+]. The van der Waals surface area contributed by atoms with Crippen LogP contribution in [0.15, 0.2) is 0 Å². The topological polar surface area (TPSA) is 138 Å². The van der Waals surface area contributed by atoms with Crippen LogP contribution < -0.4 is 39.8 Å². The normalized spacial score (nSPS) is 11.6. The van der Waals surface area contributed by atoms with Gasteiger partial charge < -0.3 is 30.0 Å². The molecule has 186 valence electrons. The van der Waals surface area contributed by atoms with E-state index in [0.29, 0.717) is 1.88 Å². The molecule has 0 aromatic rings. The number of hydrogen-bond donors (Lipinski definition) is 2. The van der Waals surface area contributed by atoms with Gasteiger partial charge in [0.1, 0.15) is 0 Å². The Hall–Kier alpha value is 0.790. The zero-order valence-electron chi connectivity index (χ0n) is 21.6. The molecule has 0 aromatic carbocycles. The molecule has 2 N–H and O–H groups in total. The largest absolute Gasteiger partial charge is 1.00 e. The number of rotatable bonds is 18. The van der Waals surface area contributed by atoms with Gasteiger partial charge in [-0.05, 0) is 13.8 Å². The third-order valence-electron chi connectivity index (χ3n) is 4.74. The van der Waals surface area contributed by atoms with Crippen molar-refractivity contribution in [1.82, 2.24) is 0 Å². The summed E-state index contributed by atoms with van der Waals surface area (Å²) >= 11 is 0.846. The molecule has 7 nitrogen and oxygen atoms in total. The molecule has 0 amide bonds. The molecule has 0 spiro atoms. The van der Waals surface area contributed by atoms with Gasteiger partial charge in [0.15, 0.2) is 0 Å². The van der Waals surface area contributed by atoms with Gasteiger partial charge in [-0.15, -0.1) is 0 Å². The Morgan fingerprint density at radius 2 is 0.848 bits per heavy atom. The number of carboxylic acids is 2. The van der Waals surface area contributed by atoms with Crippen molar-refractivity contribution < 1.29 is 64.4 Å². The van der Waals surface area contributed by atoms with Crippen molar-refractivity contribution in [2.45, 2.75) is 136 Å². The summed E-state index contributed by atoms with van der Waals surface area (Å²) in [5, 5.41) is 34.6. The van der Waals surface area contributed by atoms with Gasteiger partial charge in [0.2, 0.25) is 0 Å². The minimum absolute atomic E-state index is 0. The summed E-state index contributed by atoms with van der Waals surface area (Å²) < 4.78 is 0.472. The maximum absolute atomic E-state index is 10.8. The number of unbranched alkanes of at least 4 members (excludes halogenated alkanes) is 14. The zero-order valence-corrected chi connectivity index (χ0v) is 25.8. The molecule has 0 aliphatic carbocycles. The number of carbonyl (C=O) groups excluding carboxylic acids is 3. The van der Waals surface area contributed by atoms with Crippen molar-refractivity contribution in [3.05, 3.63) is 0 Å². The Balaban J connectivity index is -0.000000266.